The van der Waals surface area contributed by atoms with Gasteiger partial charge in [0, 0.05) is 23.4 Å². The number of furan rings is 1. The molecule has 0 aliphatic rings. The van der Waals surface area contributed by atoms with Crippen LogP contribution in [0.1, 0.15) is 22.0 Å². The highest BCUT2D eigenvalue weighted by atomic mass is 32.1. The molecule has 2 aromatic heterocycles. The predicted molar refractivity (Wildman–Crippen MR) is 95.1 cm³/mol. The Hall–Kier alpha value is -2.62. The first-order valence-corrected chi connectivity index (χ1v) is 8.79. The SMILES string of the molecule is CN=C(NCc1nc(C(F)(F)F)cs1)NCc1oc2ccc(F)cc2c1C. The van der Waals surface area contributed by atoms with Crippen LogP contribution < -0.4 is 10.6 Å². The van der Waals surface area contributed by atoms with Crippen LogP contribution in [-0.2, 0) is 19.3 Å². The number of benzene rings is 1. The van der Waals surface area contributed by atoms with E-state index < -0.39 is 11.9 Å². The molecule has 0 atom stereocenters. The summed E-state index contributed by atoms with van der Waals surface area (Å²) in [6.07, 6.45) is -4.45. The molecule has 0 aliphatic carbocycles. The third-order valence-corrected chi connectivity index (χ3v) is 4.74. The van der Waals surface area contributed by atoms with E-state index in [9.17, 15) is 17.6 Å². The predicted octanol–water partition coefficient (Wildman–Crippen LogP) is 4.22. The summed E-state index contributed by atoms with van der Waals surface area (Å²) in [6, 6.07) is 4.30. The summed E-state index contributed by atoms with van der Waals surface area (Å²) >= 11 is 0.920. The van der Waals surface area contributed by atoms with Gasteiger partial charge >= 0.3 is 6.18 Å². The summed E-state index contributed by atoms with van der Waals surface area (Å²) < 4.78 is 56.8. The summed E-state index contributed by atoms with van der Waals surface area (Å²) in [5, 5.41) is 7.88. The molecule has 0 saturated carbocycles. The Bertz CT molecular complexity index is 977. The topological polar surface area (TPSA) is 62.5 Å². The van der Waals surface area contributed by atoms with E-state index >= 15 is 0 Å². The van der Waals surface area contributed by atoms with Gasteiger partial charge in [-0.1, -0.05) is 0 Å². The van der Waals surface area contributed by atoms with Crippen LogP contribution in [0.15, 0.2) is 33.0 Å². The molecule has 2 N–H and O–H groups in total. The lowest BCUT2D eigenvalue weighted by Crippen LogP contribution is -2.36. The number of fused-ring (bicyclic) bond motifs is 1. The van der Waals surface area contributed by atoms with Crippen molar-refractivity contribution in [3.8, 4) is 0 Å². The van der Waals surface area contributed by atoms with Crippen molar-refractivity contribution < 1.29 is 22.0 Å². The van der Waals surface area contributed by atoms with E-state index in [0.717, 1.165) is 22.3 Å². The second-order valence-corrected chi connectivity index (χ2v) is 6.64. The van der Waals surface area contributed by atoms with Gasteiger partial charge in [0.2, 0.25) is 0 Å². The molecule has 0 radical (unpaired) electrons. The molecule has 0 unspecified atom stereocenters. The zero-order valence-electron chi connectivity index (χ0n) is 14.4. The van der Waals surface area contributed by atoms with Crippen molar-refractivity contribution in [2.24, 2.45) is 4.99 Å². The fourth-order valence-corrected chi connectivity index (χ4v) is 3.22. The minimum Gasteiger partial charge on any atom is -0.459 e. The minimum atomic E-state index is -4.45. The van der Waals surface area contributed by atoms with Gasteiger partial charge in [0.25, 0.3) is 0 Å². The van der Waals surface area contributed by atoms with Crippen LogP contribution >= 0.6 is 11.3 Å². The molecule has 0 fully saturated rings. The molecule has 0 bridgehead atoms. The van der Waals surface area contributed by atoms with E-state index in [0.29, 0.717) is 27.7 Å². The van der Waals surface area contributed by atoms with E-state index in [-0.39, 0.29) is 18.9 Å². The standard InChI is InChI=1S/C17H16F4N4OS/c1-9-11-5-10(18)3-4-12(11)26-13(9)6-23-16(22-2)24-7-15-25-14(8-27-15)17(19,20)21/h3-5,8H,6-7H2,1-2H3,(H2,22,23,24). The maximum atomic E-state index is 13.4. The maximum absolute atomic E-state index is 13.4. The summed E-state index contributed by atoms with van der Waals surface area (Å²) in [5.41, 5.74) is 0.482. The lowest BCUT2D eigenvalue weighted by atomic mass is 10.1. The largest absolute Gasteiger partial charge is 0.459 e. The number of nitrogens with one attached hydrogen (secondary N) is 2. The van der Waals surface area contributed by atoms with Gasteiger partial charge in [-0.3, -0.25) is 4.99 Å². The number of hydrogen-bond acceptors (Lipinski definition) is 4. The van der Waals surface area contributed by atoms with Crippen LogP contribution in [0.5, 0.6) is 0 Å². The average molecular weight is 400 g/mol. The van der Waals surface area contributed by atoms with Crippen molar-refractivity contribution in [1.82, 2.24) is 15.6 Å². The minimum absolute atomic E-state index is 0.102. The third kappa shape index (κ3) is 4.38. The molecule has 144 valence electrons. The first-order chi connectivity index (χ1) is 12.8. The van der Waals surface area contributed by atoms with Crippen LogP contribution in [0.25, 0.3) is 11.0 Å². The highest BCUT2D eigenvalue weighted by Gasteiger charge is 2.33. The molecule has 3 aromatic rings. The number of rotatable bonds is 4. The van der Waals surface area contributed by atoms with Gasteiger partial charge in [0.05, 0.1) is 13.1 Å². The molecule has 10 heteroatoms. The maximum Gasteiger partial charge on any atom is 0.434 e. The van der Waals surface area contributed by atoms with Gasteiger partial charge in [-0.05, 0) is 25.1 Å². The van der Waals surface area contributed by atoms with Crippen LogP contribution in [-0.4, -0.2) is 18.0 Å². The van der Waals surface area contributed by atoms with E-state index in [1.54, 1.807) is 13.1 Å². The smallest absolute Gasteiger partial charge is 0.434 e. The normalized spacial score (nSPS) is 12.6. The molecule has 0 spiro atoms. The fraction of sp³-hybridized carbons (Fsp3) is 0.294. The number of hydrogen-bond donors (Lipinski definition) is 2. The van der Waals surface area contributed by atoms with Gasteiger partial charge in [-0.25, -0.2) is 9.37 Å². The Kier molecular flexibility index (Phi) is 5.36. The molecular formula is C17H16F4N4OS. The summed E-state index contributed by atoms with van der Waals surface area (Å²) in [7, 11) is 1.54. The lowest BCUT2D eigenvalue weighted by molar-refractivity contribution is -0.140. The molecule has 3 rings (SSSR count). The van der Waals surface area contributed by atoms with E-state index in [4.69, 9.17) is 4.42 Å². The van der Waals surface area contributed by atoms with Crippen LogP contribution in [0.4, 0.5) is 17.6 Å². The Labute approximate surface area is 156 Å². The molecule has 0 saturated heterocycles. The molecule has 0 aliphatic heterocycles. The Morgan fingerprint density at radius 3 is 2.67 bits per heavy atom. The van der Waals surface area contributed by atoms with Crippen molar-refractivity contribution in [1.29, 1.82) is 0 Å². The van der Waals surface area contributed by atoms with Crippen molar-refractivity contribution in [3.05, 3.63) is 51.4 Å². The summed E-state index contributed by atoms with van der Waals surface area (Å²) in [4.78, 5) is 7.57. The monoisotopic (exact) mass is 400 g/mol. The lowest BCUT2D eigenvalue weighted by Gasteiger charge is -2.10. The van der Waals surface area contributed by atoms with Crippen LogP contribution in [0.3, 0.4) is 0 Å². The fourth-order valence-electron chi connectivity index (χ4n) is 2.48. The molecule has 2 heterocycles. The van der Waals surface area contributed by atoms with E-state index in [1.807, 2.05) is 6.92 Å². The molecule has 27 heavy (non-hydrogen) atoms. The zero-order chi connectivity index (χ0) is 19.6. The average Bonchev–Trinajstić information content (AvgIpc) is 3.21. The summed E-state index contributed by atoms with van der Waals surface area (Å²) in [6.45, 7) is 2.21. The Balaban J connectivity index is 1.61. The molecule has 1 aromatic carbocycles. The number of thiazole rings is 1. The Morgan fingerprint density at radius 2 is 2.00 bits per heavy atom. The van der Waals surface area contributed by atoms with Crippen molar-refractivity contribution >= 4 is 28.3 Å². The number of nitrogens with zero attached hydrogens (tertiary/aromatic N) is 2. The van der Waals surface area contributed by atoms with Crippen molar-refractivity contribution in [2.75, 3.05) is 7.05 Å². The zero-order valence-corrected chi connectivity index (χ0v) is 15.3. The number of aryl methyl sites for hydroxylation is 1. The quantitative estimate of drug-likeness (QED) is 0.391. The first kappa shape index (κ1) is 19.2. The summed E-state index contributed by atoms with van der Waals surface area (Å²) in [5.74, 6) is 0.655. The van der Waals surface area contributed by atoms with Crippen molar-refractivity contribution in [3.63, 3.8) is 0 Å². The van der Waals surface area contributed by atoms with Gasteiger partial charge in [-0.2, -0.15) is 13.2 Å². The molecular weight excluding hydrogens is 384 g/mol. The Morgan fingerprint density at radius 1 is 1.26 bits per heavy atom. The van der Waals surface area contributed by atoms with E-state index in [1.165, 1.54) is 12.1 Å². The van der Waals surface area contributed by atoms with Gasteiger partial charge in [-0.15, -0.1) is 11.3 Å². The molecule has 5 nitrogen and oxygen atoms in total. The van der Waals surface area contributed by atoms with Gasteiger partial charge < -0.3 is 15.1 Å². The highest BCUT2D eigenvalue weighted by molar-refractivity contribution is 7.09. The number of aromatic nitrogens is 1. The second-order valence-electron chi connectivity index (χ2n) is 5.69. The second kappa shape index (κ2) is 7.55. The van der Waals surface area contributed by atoms with E-state index in [2.05, 4.69) is 20.6 Å². The number of aliphatic imine (C=N–C) groups is 1. The highest BCUT2D eigenvalue weighted by Crippen LogP contribution is 2.30. The number of halogens is 4. The third-order valence-electron chi connectivity index (χ3n) is 3.89. The van der Waals surface area contributed by atoms with Crippen LogP contribution in [0, 0.1) is 12.7 Å². The van der Waals surface area contributed by atoms with Gasteiger partial charge in [0.15, 0.2) is 11.7 Å². The number of alkyl halides is 3. The van der Waals surface area contributed by atoms with Crippen molar-refractivity contribution in [2.45, 2.75) is 26.2 Å². The van der Waals surface area contributed by atoms with Gasteiger partial charge in [0.1, 0.15) is 22.2 Å². The number of guanidine groups is 1. The van der Waals surface area contributed by atoms with Crippen LogP contribution in [0.2, 0.25) is 0 Å². The first-order valence-electron chi connectivity index (χ1n) is 7.91. The molecule has 0 amide bonds.